The Hall–Kier alpha value is -2.90. The number of hydrogen-bond donors (Lipinski definition) is 0. The Morgan fingerprint density at radius 1 is 1.16 bits per heavy atom. The number of nitrogens with zero attached hydrogens (tertiary/aromatic N) is 7. The molecule has 0 aromatic carbocycles. The number of carbonyl (C=O) groups excluding carboxylic acids is 1. The molecule has 31 heavy (non-hydrogen) atoms. The van der Waals surface area contributed by atoms with Gasteiger partial charge in [0.25, 0.3) is 5.91 Å². The van der Waals surface area contributed by atoms with E-state index in [1.165, 1.54) is 24.2 Å². The summed E-state index contributed by atoms with van der Waals surface area (Å²) < 4.78 is 6.24. The van der Waals surface area contributed by atoms with Crippen molar-refractivity contribution in [3.63, 3.8) is 0 Å². The van der Waals surface area contributed by atoms with Gasteiger partial charge in [-0.15, -0.1) is 0 Å². The van der Waals surface area contributed by atoms with Crippen molar-refractivity contribution in [1.29, 1.82) is 0 Å². The molecule has 1 fully saturated rings. The van der Waals surface area contributed by atoms with Crippen LogP contribution in [0.2, 0.25) is 0 Å². The predicted molar refractivity (Wildman–Crippen MR) is 118 cm³/mol. The minimum absolute atomic E-state index is 0.0514. The van der Waals surface area contributed by atoms with Crippen LogP contribution in [0.1, 0.15) is 59.7 Å². The van der Waals surface area contributed by atoms with Gasteiger partial charge in [-0.05, 0) is 46.5 Å². The van der Waals surface area contributed by atoms with Crippen LogP contribution in [0.15, 0.2) is 12.4 Å². The van der Waals surface area contributed by atoms with Gasteiger partial charge >= 0.3 is 0 Å². The Labute approximate surface area is 182 Å². The second-order valence-corrected chi connectivity index (χ2v) is 8.83. The summed E-state index contributed by atoms with van der Waals surface area (Å²) in [5, 5.41) is 9.42. The highest BCUT2D eigenvalue weighted by Gasteiger charge is 2.32. The number of carbonyl (C=O) groups is 1. The summed E-state index contributed by atoms with van der Waals surface area (Å²) in [7, 11) is 0. The second kappa shape index (κ2) is 7.66. The molecule has 164 valence electrons. The van der Waals surface area contributed by atoms with Gasteiger partial charge in [0, 0.05) is 61.9 Å². The molecule has 1 saturated carbocycles. The Kier molecular flexibility index (Phi) is 4.95. The van der Waals surface area contributed by atoms with E-state index in [4.69, 9.17) is 10.1 Å². The maximum Gasteiger partial charge on any atom is 0.257 e. The quantitative estimate of drug-likeness (QED) is 0.613. The summed E-state index contributed by atoms with van der Waals surface area (Å²) in [5.41, 5.74) is 5.97. The number of hydrogen-bond acceptors (Lipinski definition) is 4. The van der Waals surface area contributed by atoms with Gasteiger partial charge < -0.3 is 9.47 Å². The third kappa shape index (κ3) is 3.47. The zero-order valence-electron chi connectivity index (χ0n) is 18.9. The molecule has 0 spiro atoms. The second-order valence-electron chi connectivity index (χ2n) is 8.83. The van der Waals surface area contributed by atoms with Crippen molar-refractivity contribution in [1.82, 2.24) is 34.0 Å². The minimum atomic E-state index is 0.0514. The van der Waals surface area contributed by atoms with Crippen molar-refractivity contribution in [3.8, 4) is 11.5 Å². The molecule has 0 bridgehead atoms. The van der Waals surface area contributed by atoms with E-state index < -0.39 is 0 Å². The van der Waals surface area contributed by atoms with Crippen molar-refractivity contribution >= 4 is 5.91 Å². The molecule has 3 aromatic rings. The number of fused-ring (bicyclic) bond motifs is 1. The molecular formula is C23H31N7O. The molecule has 3 aromatic heterocycles. The summed E-state index contributed by atoms with van der Waals surface area (Å²) in [6, 6.07) is 0. The van der Waals surface area contributed by atoms with Gasteiger partial charge in [0.05, 0.1) is 17.8 Å². The van der Waals surface area contributed by atoms with Gasteiger partial charge in [0.15, 0.2) is 5.82 Å². The molecule has 0 unspecified atom stereocenters. The zero-order chi connectivity index (χ0) is 21.7. The molecule has 0 radical (unpaired) electrons. The number of rotatable bonds is 6. The fourth-order valence-corrected chi connectivity index (χ4v) is 4.60. The van der Waals surface area contributed by atoms with E-state index in [0.717, 1.165) is 54.7 Å². The van der Waals surface area contributed by atoms with Crippen LogP contribution < -0.4 is 0 Å². The fourth-order valence-electron chi connectivity index (χ4n) is 4.60. The lowest BCUT2D eigenvalue weighted by atomic mass is 10.0. The molecule has 0 N–H and O–H groups in total. The first-order valence-corrected chi connectivity index (χ1v) is 11.4. The van der Waals surface area contributed by atoms with Gasteiger partial charge in [-0.3, -0.25) is 14.2 Å². The van der Waals surface area contributed by atoms with Crippen LogP contribution in [-0.4, -0.2) is 46.5 Å². The highest BCUT2D eigenvalue weighted by molar-refractivity contribution is 5.95. The SMILES string of the molecule is CCn1cc(C(=O)N2CCc3c(c(-c4ncc(C)n4CC4CC4)nn3CC)C2)c(C)n1. The van der Waals surface area contributed by atoms with Crippen molar-refractivity contribution in [2.45, 2.75) is 73.1 Å². The number of imidazole rings is 1. The first-order chi connectivity index (χ1) is 15.0. The minimum Gasteiger partial charge on any atom is -0.334 e. The first-order valence-electron chi connectivity index (χ1n) is 11.4. The number of aryl methyl sites for hydroxylation is 4. The highest BCUT2D eigenvalue weighted by atomic mass is 16.2. The fraction of sp³-hybridized carbons (Fsp3) is 0.565. The van der Waals surface area contributed by atoms with Crippen LogP contribution >= 0.6 is 0 Å². The molecule has 0 atom stereocenters. The smallest absolute Gasteiger partial charge is 0.257 e. The maximum atomic E-state index is 13.3. The largest absolute Gasteiger partial charge is 0.334 e. The average molecular weight is 422 g/mol. The van der Waals surface area contributed by atoms with E-state index >= 15 is 0 Å². The Morgan fingerprint density at radius 3 is 2.65 bits per heavy atom. The van der Waals surface area contributed by atoms with E-state index in [-0.39, 0.29) is 5.91 Å². The van der Waals surface area contributed by atoms with Gasteiger partial charge in [0.1, 0.15) is 5.69 Å². The van der Waals surface area contributed by atoms with Crippen LogP contribution in [0.4, 0.5) is 0 Å². The van der Waals surface area contributed by atoms with E-state index in [1.54, 1.807) is 0 Å². The standard InChI is InChI=1S/C23H31N7O/c1-5-28-14-18(16(4)25-28)23(31)27-10-9-20-19(13-27)21(26-30(20)6-2)22-24-11-15(3)29(22)12-17-7-8-17/h11,14,17H,5-10,12-13H2,1-4H3. The zero-order valence-corrected chi connectivity index (χ0v) is 18.9. The van der Waals surface area contributed by atoms with Crippen LogP contribution in [-0.2, 0) is 32.6 Å². The van der Waals surface area contributed by atoms with E-state index in [1.807, 2.05) is 35.8 Å². The Balaban J connectivity index is 1.50. The average Bonchev–Trinajstić information content (AvgIpc) is 3.26. The lowest BCUT2D eigenvalue weighted by Gasteiger charge is -2.27. The summed E-state index contributed by atoms with van der Waals surface area (Å²) in [5.74, 6) is 1.75. The van der Waals surface area contributed by atoms with Crippen molar-refractivity contribution in [3.05, 3.63) is 40.6 Å². The lowest BCUT2D eigenvalue weighted by molar-refractivity contribution is 0.0732. The Morgan fingerprint density at radius 2 is 1.97 bits per heavy atom. The van der Waals surface area contributed by atoms with Gasteiger partial charge in [-0.2, -0.15) is 10.2 Å². The van der Waals surface area contributed by atoms with Gasteiger partial charge in [0.2, 0.25) is 0 Å². The molecular weight excluding hydrogens is 390 g/mol. The van der Waals surface area contributed by atoms with E-state index in [2.05, 4.69) is 28.2 Å². The summed E-state index contributed by atoms with van der Waals surface area (Å²) in [6.45, 7) is 12.0. The topological polar surface area (TPSA) is 73.8 Å². The molecule has 1 amide bonds. The predicted octanol–water partition coefficient (Wildman–Crippen LogP) is 3.21. The first kappa shape index (κ1) is 20.0. The molecule has 1 aliphatic heterocycles. The number of amides is 1. The van der Waals surface area contributed by atoms with Crippen molar-refractivity contribution < 1.29 is 4.79 Å². The van der Waals surface area contributed by atoms with Crippen LogP contribution in [0.25, 0.3) is 11.5 Å². The summed E-state index contributed by atoms with van der Waals surface area (Å²) >= 11 is 0. The highest BCUT2D eigenvalue weighted by Crippen LogP contribution is 2.35. The lowest BCUT2D eigenvalue weighted by Crippen LogP contribution is -2.36. The third-order valence-electron chi connectivity index (χ3n) is 6.63. The van der Waals surface area contributed by atoms with Crippen LogP contribution in [0.3, 0.4) is 0 Å². The molecule has 4 heterocycles. The van der Waals surface area contributed by atoms with Crippen molar-refractivity contribution in [2.24, 2.45) is 5.92 Å². The van der Waals surface area contributed by atoms with E-state index in [0.29, 0.717) is 18.7 Å². The van der Waals surface area contributed by atoms with Crippen LogP contribution in [0.5, 0.6) is 0 Å². The molecule has 8 heteroatoms. The third-order valence-corrected chi connectivity index (χ3v) is 6.63. The van der Waals surface area contributed by atoms with Crippen LogP contribution in [0, 0.1) is 19.8 Å². The molecule has 2 aliphatic rings. The molecule has 8 nitrogen and oxygen atoms in total. The van der Waals surface area contributed by atoms with E-state index in [9.17, 15) is 4.79 Å². The maximum absolute atomic E-state index is 13.3. The normalized spacial score (nSPS) is 16.1. The summed E-state index contributed by atoms with van der Waals surface area (Å²) in [4.78, 5) is 20.0. The Bertz CT molecular complexity index is 1130. The molecule has 5 rings (SSSR count). The van der Waals surface area contributed by atoms with Gasteiger partial charge in [-0.1, -0.05) is 0 Å². The van der Waals surface area contributed by atoms with Gasteiger partial charge in [-0.25, -0.2) is 4.98 Å². The number of aromatic nitrogens is 6. The molecule has 0 saturated heterocycles. The summed E-state index contributed by atoms with van der Waals surface area (Å²) in [6.07, 6.45) is 7.22. The van der Waals surface area contributed by atoms with Crippen molar-refractivity contribution in [2.75, 3.05) is 6.54 Å². The monoisotopic (exact) mass is 421 g/mol. The molecule has 1 aliphatic carbocycles.